The molecule has 2 heterocycles. The molecule has 12 heteroatoms. The largest absolute Gasteiger partial charge is 0.617 e. The fourth-order valence-corrected chi connectivity index (χ4v) is 3.30. The Hall–Kier alpha value is -3.11. The van der Waals surface area contributed by atoms with E-state index in [1.807, 2.05) is 0 Å². The van der Waals surface area contributed by atoms with Crippen LogP contribution in [0.25, 0.3) is 22.8 Å². The number of methoxy groups -OCH3 is 2. The average Bonchev–Trinajstić information content (AvgIpc) is 3.19. The molecule has 0 unspecified atom stereocenters. The highest BCUT2D eigenvalue weighted by Gasteiger charge is 2.28. The quantitative estimate of drug-likeness (QED) is 0.192. The van der Waals surface area contributed by atoms with Crippen molar-refractivity contribution in [3.63, 3.8) is 0 Å². The molecule has 0 radical (unpaired) electrons. The van der Waals surface area contributed by atoms with E-state index in [2.05, 4.69) is 10.1 Å². The summed E-state index contributed by atoms with van der Waals surface area (Å²) in [5, 5.41) is 27.5. The Balaban J connectivity index is 2.18. The van der Waals surface area contributed by atoms with Gasteiger partial charge in [-0.1, -0.05) is 16.8 Å². The van der Waals surface area contributed by atoms with Gasteiger partial charge in [0.1, 0.15) is 10.6 Å². The Morgan fingerprint density at radius 1 is 1.21 bits per heavy atom. The van der Waals surface area contributed by atoms with Gasteiger partial charge in [0, 0.05) is 13.0 Å². The smallest absolute Gasteiger partial charge is 0.315 e. The van der Waals surface area contributed by atoms with Crippen molar-refractivity contribution < 1.29 is 23.7 Å². The van der Waals surface area contributed by atoms with Crippen LogP contribution in [0, 0.1) is 29.2 Å². The molecule has 1 aromatic carbocycles. The summed E-state index contributed by atoms with van der Waals surface area (Å²) < 4.78 is 15.9. The second-order valence-electron chi connectivity index (χ2n) is 5.90. The zero-order chi connectivity index (χ0) is 21.5. The van der Waals surface area contributed by atoms with Crippen LogP contribution < -0.4 is 14.2 Å². The second kappa shape index (κ2) is 7.72. The van der Waals surface area contributed by atoms with E-state index >= 15 is 0 Å². The molecule has 3 rings (SSSR count). The lowest BCUT2D eigenvalue weighted by Gasteiger charge is -2.10. The first-order valence-electron chi connectivity index (χ1n) is 8.03. The Morgan fingerprint density at radius 3 is 2.48 bits per heavy atom. The van der Waals surface area contributed by atoms with Crippen LogP contribution in [-0.2, 0) is 0 Å². The number of hydrogen-bond donors (Lipinski definition) is 0. The molecule has 0 amide bonds. The van der Waals surface area contributed by atoms with Crippen LogP contribution in [0.1, 0.15) is 11.3 Å². The van der Waals surface area contributed by atoms with Crippen molar-refractivity contribution in [3.8, 4) is 34.3 Å². The summed E-state index contributed by atoms with van der Waals surface area (Å²) in [4.78, 5) is 15.0. The zero-order valence-electron chi connectivity index (χ0n) is 15.6. The van der Waals surface area contributed by atoms with Crippen molar-refractivity contribution in [3.05, 3.63) is 48.9 Å². The molecule has 0 atom stereocenters. The van der Waals surface area contributed by atoms with Crippen LogP contribution in [0.3, 0.4) is 0 Å². The fraction of sp³-hybridized carbons (Fsp3) is 0.235. The first-order chi connectivity index (χ1) is 13.7. The number of aromatic nitrogens is 3. The monoisotopic (exact) mass is 440 g/mol. The number of hydrogen-bond acceptors (Lipinski definition) is 8. The molecule has 0 N–H and O–H groups in total. The molecule has 0 spiro atoms. The number of halogens is 2. The minimum absolute atomic E-state index is 0.00596. The predicted octanol–water partition coefficient (Wildman–Crippen LogP) is 3.89. The summed E-state index contributed by atoms with van der Waals surface area (Å²) in [6, 6.07) is 2.66. The van der Waals surface area contributed by atoms with E-state index in [4.69, 9.17) is 37.2 Å². The average molecular weight is 441 g/mol. The van der Waals surface area contributed by atoms with E-state index in [-0.39, 0.29) is 55.9 Å². The zero-order valence-corrected chi connectivity index (χ0v) is 17.2. The topological polar surface area (TPSA) is 127 Å². The van der Waals surface area contributed by atoms with Crippen LogP contribution in [0.15, 0.2) is 16.7 Å². The summed E-state index contributed by atoms with van der Waals surface area (Å²) in [5.74, 6) is 0.0270. The van der Waals surface area contributed by atoms with Gasteiger partial charge in [0.05, 0.1) is 24.7 Å². The van der Waals surface area contributed by atoms with Crippen LogP contribution in [0.5, 0.6) is 11.5 Å². The van der Waals surface area contributed by atoms with Gasteiger partial charge in [-0.3, -0.25) is 10.1 Å². The Kier molecular flexibility index (Phi) is 5.49. The van der Waals surface area contributed by atoms with E-state index in [0.29, 0.717) is 10.3 Å². The van der Waals surface area contributed by atoms with Gasteiger partial charge in [0.25, 0.3) is 11.0 Å². The number of rotatable bonds is 5. The molecule has 0 saturated carbocycles. The van der Waals surface area contributed by atoms with E-state index in [0.717, 1.165) is 0 Å². The molecule has 0 aliphatic carbocycles. The van der Waals surface area contributed by atoms with Gasteiger partial charge in [-0.05, 0) is 30.2 Å². The molecule has 0 aliphatic heterocycles. The molecule has 10 nitrogen and oxygen atoms in total. The molecule has 0 fully saturated rings. The van der Waals surface area contributed by atoms with Crippen molar-refractivity contribution >= 4 is 28.9 Å². The number of ether oxygens (including phenoxy) is 2. The van der Waals surface area contributed by atoms with Gasteiger partial charge in [-0.15, -0.1) is 0 Å². The summed E-state index contributed by atoms with van der Waals surface area (Å²) in [7, 11) is 2.63. The Morgan fingerprint density at radius 2 is 1.90 bits per heavy atom. The van der Waals surface area contributed by atoms with Crippen molar-refractivity contribution in [1.29, 1.82) is 0 Å². The molecule has 152 valence electrons. The van der Waals surface area contributed by atoms with E-state index < -0.39 is 4.92 Å². The number of nitro benzene ring substituents is 1. The highest BCUT2D eigenvalue weighted by molar-refractivity contribution is 6.34. The first kappa shape index (κ1) is 20.6. The van der Waals surface area contributed by atoms with Gasteiger partial charge in [0.2, 0.25) is 17.3 Å². The molecular weight excluding hydrogens is 427 g/mol. The lowest BCUT2D eigenvalue weighted by Crippen LogP contribution is -2.33. The highest BCUT2D eigenvalue weighted by atomic mass is 35.5. The third kappa shape index (κ3) is 3.40. The lowest BCUT2D eigenvalue weighted by atomic mass is 10.1. The molecule has 0 aliphatic rings. The maximum atomic E-state index is 12.2. The van der Waals surface area contributed by atoms with E-state index in [1.165, 1.54) is 33.3 Å². The van der Waals surface area contributed by atoms with Gasteiger partial charge < -0.3 is 19.2 Å². The third-order valence-electron chi connectivity index (χ3n) is 4.26. The number of nitrogens with zero attached hydrogens (tertiary/aromatic N) is 4. The predicted molar refractivity (Wildman–Crippen MR) is 103 cm³/mol. The molecule has 0 saturated heterocycles. The van der Waals surface area contributed by atoms with E-state index in [9.17, 15) is 15.3 Å². The maximum absolute atomic E-state index is 12.2. The normalized spacial score (nSPS) is 10.8. The number of pyridine rings is 1. The SMILES string of the molecule is COc1cc(-c2nc(-c3c(C)c(Cl)c(C)[n+]([O-])c3Cl)no2)cc([N+](=O)[O-])c1OC. The van der Waals surface area contributed by atoms with Crippen LogP contribution in [0.4, 0.5) is 5.69 Å². The summed E-state index contributed by atoms with van der Waals surface area (Å²) >= 11 is 12.4. The number of benzene rings is 1. The van der Waals surface area contributed by atoms with Crippen molar-refractivity contribution in [2.45, 2.75) is 13.8 Å². The lowest BCUT2D eigenvalue weighted by molar-refractivity contribution is -0.609. The fourth-order valence-electron chi connectivity index (χ4n) is 2.78. The molecule has 2 aromatic heterocycles. The van der Waals surface area contributed by atoms with Gasteiger partial charge in [-0.25, -0.2) is 0 Å². The van der Waals surface area contributed by atoms with Gasteiger partial charge in [-0.2, -0.15) is 9.71 Å². The van der Waals surface area contributed by atoms with Crippen molar-refractivity contribution in [2.24, 2.45) is 0 Å². The minimum Gasteiger partial charge on any atom is -0.617 e. The van der Waals surface area contributed by atoms with Crippen LogP contribution >= 0.6 is 23.2 Å². The first-order valence-corrected chi connectivity index (χ1v) is 8.79. The van der Waals surface area contributed by atoms with Crippen LogP contribution in [0.2, 0.25) is 10.2 Å². The van der Waals surface area contributed by atoms with Crippen molar-refractivity contribution in [2.75, 3.05) is 14.2 Å². The molecule has 3 aromatic rings. The number of nitro groups is 1. The van der Waals surface area contributed by atoms with E-state index in [1.54, 1.807) is 6.92 Å². The Bertz CT molecular complexity index is 1100. The third-order valence-corrected chi connectivity index (χ3v) is 5.16. The minimum atomic E-state index is -0.622. The highest BCUT2D eigenvalue weighted by Crippen LogP contribution is 2.41. The summed E-state index contributed by atoms with van der Waals surface area (Å²) in [6.07, 6.45) is 0. The molecular formula is C17H14Cl2N4O6. The Labute approximate surface area is 174 Å². The van der Waals surface area contributed by atoms with Gasteiger partial charge >= 0.3 is 5.69 Å². The standard InChI is InChI=1S/C17H14Cl2N4O6/c1-7-12(15(19)22(24)8(2)13(7)18)16-20-17(29-21-16)9-5-10(23(25)26)14(28-4)11(6-9)27-3/h5-6H,1-4H3. The summed E-state index contributed by atoms with van der Waals surface area (Å²) in [6.45, 7) is 3.19. The second-order valence-corrected chi connectivity index (χ2v) is 6.63. The maximum Gasteiger partial charge on any atom is 0.315 e. The molecule has 0 bridgehead atoms. The van der Waals surface area contributed by atoms with Gasteiger partial charge in [0.15, 0.2) is 5.75 Å². The van der Waals surface area contributed by atoms with Crippen molar-refractivity contribution in [1.82, 2.24) is 10.1 Å². The summed E-state index contributed by atoms with van der Waals surface area (Å²) in [5.41, 5.74) is 0.799. The van der Waals surface area contributed by atoms with Crippen LogP contribution in [-0.4, -0.2) is 29.3 Å². The molecule has 29 heavy (non-hydrogen) atoms.